The van der Waals surface area contributed by atoms with Crippen LogP contribution in [0.4, 0.5) is 0 Å². The van der Waals surface area contributed by atoms with E-state index in [4.69, 9.17) is 15.0 Å². The molecule has 0 saturated heterocycles. The second-order valence-corrected chi connectivity index (χ2v) is 17.6. The quantitative estimate of drug-likeness (QED) is 0.160. The second-order valence-electron chi connectivity index (χ2n) is 17.6. The molecule has 0 spiro atoms. The molecule has 0 aliphatic rings. The highest BCUT2D eigenvalue weighted by Gasteiger charge is 2.23. The van der Waals surface area contributed by atoms with Crippen molar-refractivity contribution in [3.8, 4) is 62.4 Å². The number of hydrogen-bond acceptors (Lipinski definition) is 3. The summed E-state index contributed by atoms with van der Waals surface area (Å²) in [5.74, 6) is 1.87. The first kappa shape index (κ1) is 38.8. The Labute approximate surface area is 397 Å². The van der Waals surface area contributed by atoms with Crippen LogP contribution in [0.5, 0.6) is 0 Å². The number of nitrogens with zero attached hydrogens (tertiary/aromatic N) is 6. The Morgan fingerprint density at radius 3 is 1.12 bits per heavy atom. The van der Waals surface area contributed by atoms with Gasteiger partial charge in [0, 0.05) is 66.1 Å². The zero-order valence-electron chi connectivity index (χ0n) is 37.3. The molecule has 69 heavy (non-hydrogen) atoms. The Morgan fingerprint density at radius 1 is 0.217 bits per heavy atom. The van der Waals surface area contributed by atoms with Crippen LogP contribution in [0.1, 0.15) is 0 Å². The molecular formula is C63H40N6. The lowest BCUT2D eigenvalue weighted by Gasteiger charge is -2.13. The topological polar surface area (TPSA) is 53.5 Å². The van der Waals surface area contributed by atoms with Crippen LogP contribution in [-0.4, -0.2) is 28.7 Å². The normalized spacial score (nSPS) is 11.8. The number of para-hydroxylation sites is 4. The van der Waals surface area contributed by atoms with Gasteiger partial charge in [-0.05, 0) is 83.9 Å². The van der Waals surface area contributed by atoms with Crippen LogP contribution in [0.2, 0.25) is 0 Å². The summed E-state index contributed by atoms with van der Waals surface area (Å²) in [6.45, 7) is 0. The van der Waals surface area contributed by atoms with Crippen molar-refractivity contribution in [3.05, 3.63) is 243 Å². The number of aromatic nitrogens is 6. The fraction of sp³-hybridized carbons (Fsp3) is 0. The summed E-state index contributed by atoms with van der Waals surface area (Å²) in [5, 5.41) is 7.27. The van der Waals surface area contributed by atoms with E-state index in [2.05, 4.69) is 220 Å². The maximum atomic E-state index is 5.13. The smallest absolute Gasteiger partial charge is 0.164 e. The maximum absolute atomic E-state index is 5.13. The number of rotatable bonds is 7. The molecule has 0 unspecified atom stereocenters. The van der Waals surface area contributed by atoms with Crippen LogP contribution in [0, 0.1) is 0 Å². The van der Waals surface area contributed by atoms with Gasteiger partial charge in [-0.25, -0.2) is 15.0 Å². The molecule has 6 heteroatoms. The molecule has 322 valence electrons. The molecule has 6 nitrogen and oxygen atoms in total. The molecule has 0 N–H and O–H groups in total. The van der Waals surface area contributed by atoms with E-state index in [1.165, 1.54) is 48.9 Å². The molecule has 4 heterocycles. The first-order valence-electron chi connectivity index (χ1n) is 23.4. The van der Waals surface area contributed by atoms with Gasteiger partial charge in [0.15, 0.2) is 17.5 Å². The Kier molecular flexibility index (Phi) is 8.79. The monoisotopic (exact) mass is 880 g/mol. The summed E-state index contributed by atoms with van der Waals surface area (Å²) in [5.41, 5.74) is 15.3. The predicted octanol–water partition coefficient (Wildman–Crippen LogP) is 15.8. The highest BCUT2D eigenvalue weighted by atomic mass is 15.1. The van der Waals surface area contributed by atoms with Gasteiger partial charge >= 0.3 is 0 Å². The van der Waals surface area contributed by atoms with E-state index in [1.807, 2.05) is 36.4 Å². The molecule has 10 aromatic carbocycles. The molecule has 0 bridgehead atoms. The minimum Gasteiger partial charge on any atom is -0.309 e. The van der Waals surface area contributed by atoms with Crippen molar-refractivity contribution in [1.29, 1.82) is 0 Å². The van der Waals surface area contributed by atoms with Crippen molar-refractivity contribution >= 4 is 65.4 Å². The van der Waals surface area contributed by atoms with Gasteiger partial charge < -0.3 is 13.7 Å². The summed E-state index contributed by atoms with van der Waals surface area (Å²) in [4.78, 5) is 15.2. The molecule has 0 amide bonds. The average molecular weight is 881 g/mol. The van der Waals surface area contributed by atoms with Crippen molar-refractivity contribution < 1.29 is 0 Å². The average Bonchev–Trinajstić information content (AvgIpc) is 4.07. The van der Waals surface area contributed by atoms with Gasteiger partial charge in [-0.3, -0.25) is 0 Å². The van der Waals surface area contributed by atoms with Gasteiger partial charge in [-0.15, -0.1) is 0 Å². The minimum absolute atomic E-state index is 0.616. The summed E-state index contributed by atoms with van der Waals surface area (Å²) in [7, 11) is 0. The largest absolute Gasteiger partial charge is 0.309 e. The van der Waals surface area contributed by atoms with Gasteiger partial charge in [-0.2, -0.15) is 0 Å². The second kappa shape index (κ2) is 15.6. The predicted molar refractivity (Wildman–Crippen MR) is 285 cm³/mol. The van der Waals surface area contributed by atoms with E-state index in [-0.39, 0.29) is 0 Å². The Balaban J connectivity index is 0.961. The molecule has 0 aliphatic heterocycles. The lowest BCUT2D eigenvalue weighted by Crippen LogP contribution is -2.01. The lowest BCUT2D eigenvalue weighted by molar-refractivity contribution is 1.07. The van der Waals surface area contributed by atoms with Crippen LogP contribution >= 0.6 is 0 Å². The Hall–Kier alpha value is -9.39. The van der Waals surface area contributed by atoms with Crippen molar-refractivity contribution in [1.82, 2.24) is 28.7 Å². The van der Waals surface area contributed by atoms with E-state index >= 15 is 0 Å². The van der Waals surface area contributed by atoms with E-state index in [1.54, 1.807) is 0 Å². The summed E-state index contributed by atoms with van der Waals surface area (Å²) < 4.78 is 7.30. The van der Waals surface area contributed by atoms with Gasteiger partial charge in [0.05, 0.1) is 33.1 Å². The third-order valence-corrected chi connectivity index (χ3v) is 13.7. The molecule has 0 aliphatic carbocycles. The van der Waals surface area contributed by atoms with Crippen LogP contribution in [-0.2, 0) is 0 Å². The third-order valence-electron chi connectivity index (χ3n) is 13.7. The molecule has 4 aromatic heterocycles. The van der Waals surface area contributed by atoms with Gasteiger partial charge in [0.2, 0.25) is 0 Å². The Morgan fingerprint density at radius 2 is 0.565 bits per heavy atom. The van der Waals surface area contributed by atoms with Crippen LogP contribution in [0.15, 0.2) is 243 Å². The van der Waals surface area contributed by atoms with Crippen LogP contribution in [0.3, 0.4) is 0 Å². The highest BCUT2D eigenvalue weighted by Crippen LogP contribution is 2.43. The molecule has 0 radical (unpaired) electrons. The van der Waals surface area contributed by atoms with Crippen LogP contribution in [0.25, 0.3) is 128 Å². The van der Waals surface area contributed by atoms with E-state index < -0.39 is 0 Å². The SMILES string of the molecule is c1ccc(-c2ccc(-c3nc(-c4ccccc4)nc(-c4ccc(-n5c6ccccc6c6ccc7c8cc(-n9c%10ccccc%10c%10ccccc%109)ccc8n(-c8ccccc8)c7c65)cc4)n3)cc2)cc1. The van der Waals surface area contributed by atoms with Crippen molar-refractivity contribution in [2.75, 3.05) is 0 Å². The number of benzene rings is 10. The van der Waals surface area contributed by atoms with E-state index in [0.717, 1.165) is 61.4 Å². The summed E-state index contributed by atoms with van der Waals surface area (Å²) in [6, 6.07) is 86.3. The van der Waals surface area contributed by atoms with Crippen molar-refractivity contribution in [3.63, 3.8) is 0 Å². The molecule has 14 aromatic rings. The van der Waals surface area contributed by atoms with Gasteiger partial charge in [0.25, 0.3) is 0 Å². The number of fused-ring (bicyclic) bond motifs is 10. The van der Waals surface area contributed by atoms with Crippen molar-refractivity contribution in [2.24, 2.45) is 0 Å². The fourth-order valence-electron chi connectivity index (χ4n) is 10.5. The highest BCUT2D eigenvalue weighted by molar-refractivity contribution is 6.24. The number of hydrogen-bond donors (Lipinski definition) is 0. The molecular weight excluding hydrogens is 841 g/mol. The molecule has 0 atom stereocenters. The zero-order chi connectivity index (χ0) is 45.4. The maximum Gasteiger partial charge on any atom is 0.164 e. The lowest BCUT2D eigenvalue weighted by atomic mass is 10.0. The minimum atomic E-state index is 0.616. The first-order valence-corrected chi connectivity index (χ1v) is 23.4. The van der Waals surface area contributed by atoms with E-state index in [0.29, 0.717) is 17.5 Å². The van der Waals surface area contributed by atoms with Crippen molar-refractivity contribution in [2.45, 2.75) is 0 Å². The summed E-state index contributed by atoms with van der Waals surface area (Å²) in [6.07, 6.45) is 0. The molecule has 0 fully saturated rings. The van der Waals surface area contributed by atoms with E-state index in [9.17, 15) is 0 Å². The Bertz CT molecular complexity index is 4210. The summed E-state index contributed by atoms with van der Waals surface area (Å²) >= 11 is 0. The fourth-order valence-corrected chi connectivity index (χ4v) is 10.5. The zero-order valence-corrected chi connectivity index (χ0v) is 37.3. The molecule has 14 rings (SSSR count). The van der Waals surface area contributed by atoms with Crippen LogP contribution < -0.4 is 0 Å². The first-order chi connectivity index (χ1) is 34.2. The van der Waals surface area contributed by atoms with Gasteiger partial charge in [-0.1, -0.05) is 170 Å². The molecule has 0 saturated carbocycles. The standard InChI is InChI=1S/C63H40N6/c1-4-16-41(17-5-1)42-28-30-44(31-29-42)62-64-61(43-18-6-2-7-19-43)65-63(66-62)45-32-34-47(35-33-45)69-57-27-15-12-24-51(57)52-37-38-53-54-40-48(67-55-25-13-10-22-49(55)50-23-11-14-26-56(50)67)36-39-58(54)68(60(53)59(52)69)46-20-8-3-9-21-46/h1-40H. The third kappa shape index (κ3) is 6.23. The van der Waals surface area contributed by atoms with Gasteiger partial charge in [0.1, 0.15) is 0 Å².